The van der Waals surface area contributed by atoms with Crippen molar-refractivity contribution in [2.24, 2.45) is 0 Å². The SMILES string of the molecule is CNCCCNCCCNC(C)(C)C. The van der Waals surface area contributed by atoms with Gasteiger partial charge in [-0.3, -0.25) is 0 Å². The van der Waals surface area contributed by atoms with Gasteiger partial charge in [-0.2, -0.15) is 0 Å². The topological polar surface area (TPSA) is 36.1 Å². The van der Waals surface area contributed by atoms with Crippen LogP contribution in [0.15, 0.2) is 0 Å². The molecule has 0 radical (unpaired) electrons. The fourth-order valence-corrected chi connectivity index (χ4v) is 1.19. The summed E-state index contributed by atoms with van der Waals surface area (Å²) in [5.41, 5.74) is 0.256. The number of rotatable bonds is 8. The van der Waals surface area contributed by atoms with Crippen molar-refractivity contribution in [3.63, 3.8) is 0 Å². The van der Waals surface area contributed by atoms with Gasteiger partial charge in [-0.1, -0.05) is 0 Å². The molecular weight excluding hydrogens is 174 g/mol. The largest absolute Gasteiger partial charge is 0.320 e. The Kier molecular flexibility index (Phi) is 8.14. The molecule has 3 N–H and O–H groups in total. The smallest absolute Gasteiger partial charge is 0.00965 e. The Morgan fingerprint density at radius 1 is 0.857 bits per heavy atom. The lowest BCUT2D eigenvalue weighted by Gasteiger charge is -2.20. The van der Waals surface area contributed by atoms with Gasteiger partial charge >= 0.3 is 0 Å². The summed E-state index contributed by atoms with van der Waals surface area (Å²) in [6.45, 7) is 11.0. The van der Waals surface area contributed by atoms with Crippen molar-refractivity contribution in [2.75, 3.05) is 33.2 Å². The van der Waals surface area contributed by atoms with E-state index in [1.165, 1.54) is 12.8 Å². The average Bonchev–Trinajstić information content (AvgIpc) is 2.08. The van der Waals surface area contributed by atoms with Crippen LogP contribution in [0.2, 0.25) is 0 Å². The zero-order valence-electron chi connectivity index (χ0n) is 10.2. The predicted octanol–water partition coefficient (Wildman–Crippen LogP) is 0.964. The summed E-state index contributed by atoms with van der Waals surface area (Å²) in [4.78, 5) is 0. The molecular formula is C11H27N3. The Hall–Kier alpha value is -0.120. The molecule has 0 saturated carbocycles. The highest BCUT2D eigenvalue weighted by Crippen LogP contribution is 1.97. The van der Waals surface area contributed by atoms with Crippen LogP contribution >= 0.6 is 0 Å². The molecule has 3 nitrogen and oxygen atoms in total. The van der Waals surface area contributed by atoms with E-state index in [0.717, 1.165) is 26.2 Å². The molecule has 0 aromatic rings. The maximum absolute atomic E-state index is 3.47. The van der Waals surface area contributed by atoms with Crippen LogP contribution in [-0.2, 0) is 0 Å². The molecule has 0 aromatic heterocycles. The third kappa shape index (κ3) is 11.9. The van der Waals surface area contributed by atoms with E-state index in [2.05, 4.69) is 36.7 Å². The molecule has 0 heterocycles. The van der Waals surface area contributed by atoms with E-state index in [1.54, 1.807) is 0 Å². The van der Waals surface area contributed by atoms with E-state index in [0.29, 0.717) is 0 Å². The van der Waals surface area contributed by atoms with Gasteiger partial charge in [0.25, 0.3) is 0 Å². The first-order valence-electron chi connectivity index (χ1n) is 5.66. The van der Waals surface area contributed by atoms with Crippen LogP contribution in [0, 0.1) is 0 Å². The molecule has 0 unspecified atom stereocenters. The van der Waals surface area contributed by atoms with Crippen molar-refractivity contribution < 1.29 is 0 Å². The van der Waals surface area contributed by atoms with Crippen LogP contribution in [0.5, 0.6) is 0 Å². The van der Waals surface area contributed by atoms with Gasteiger partial charge in [-0.05, 0) is 66.8 Å². The van der Waals surface area contributed by atoms with Crippen molar-refractivity contribution in [3.8, 4) is 0 Å². The highest BCUT2D eigenvalue weighted by molar-refractivity contribution is 4.69. The lowest BCUT2D eigenvalue weighted by Crippen LogP contribution is -2.37. The molecule has 0 atom stereocenters. The summed E-state index contributed by atoms with van der Waals surface area (Å²) in [5, 5.41) is 10.0. The average molecular weight is 201 g/mol. The molecule has 0 fully saturated rings. The van der Waals surface area contributed by atoms with Gasteiger partial charge in [0.2, 0.25) is 0 Å². The van der Waals surface area contributed by atoms with E-state index >= 15 is 0 Å². The fraction of sp³-hybridized carbons (Fsp3) is 1.00. The highest BCUT2D eigenvalue weighted by Gasteiger charge is 2.06. The molecule has 0 aliphatic heterocycles. The van der Waals surface area contributed by atoms with Crippen molar-refractivity contribution in [1.82, 2.24) is 16.0 Å². The van der Waals surface area contributed by atoms with Crippen LogP contribution in [0.3, 0.4) is 0 Å². The minimum Gasteiger partial charge on any atom is -0.320 e. The van der Waals surface area contributed by atoms with Crippen molar-refractivity contribution in [2.45, 2.75) is 39.2 Å². The summed E-state index contributed by atoms with van der Waals surface area (Å²) in [7, 11) is 1.99. The normalized spacial score (nSPS) is 12.0. The molecule has 0 bridgehead atoms. The van der Waals surface area contributed by atoms with Crippen molar-refractivity contribution in [3.05, 3.63) is 0 Å². The van der Waals surface area contributed by atoms with Gasteiger partial charge in [-0.15, -0.1) is 0 Å². The van der Waals surface area contributed by atoms with Crippen LogP contribution < -0.4 is 16.0 Å². The lowest BCUT2D eigenvalue weighted by atomic mass is 10.1. The summed E-state index contributed by atoms with van der Waals surface area (Å²) in [6, 6.07) is 0. The van der Waals surface area contributed by atoms with Crippen molar-refractivity contribution in [1.29, 1.82) is 0 Å². The zero-order valence-corrected chi connectivity index (χ0v) is 10.2. The van der Waals surface area contributed by atoms with Gasteiger partial charge in [-0.25, -0.2) is 0 Å². The molecule has 0 spiro atoms. The first-order valence-corrected chi connectivity index (χ1v) is 5.66. The molecule has 0 aliphatic carbocycles. The minimum absolute atomic E-state index is 0.256. The second-order valence-corrected chi connectivity index (χ2v) is 4.74. The fourth-order valence-electron chi connectivity index (χ4n) is 1.19. The molecule has 0 saturated heterocycles. The van der Waals surface area contributed by atoms with Gasteiger partial charge in [0, 0.05) is 5.54 Å². The van der Waals surface area contributed by atoms with E-state index in [-0.39, 0.29) is 5.54 Å². The first-order chi connectivity index (χ1) is 6.56. The summed E-state index contributed by atoms with van der Waals surface area (Å²) < 4.78 is 0. The molecule has 86 valence electrons. The zero-order chi connectivity index (χ0) is 10.9. The minimum atomic E-state index is 0.256. The molecule has 3 heteroatoms. The van der Waals surface area contributed by atoms with Crippen LogP contribution in [0.4, 0.5) is 0 Å². The number of nitrogens with one attached hydrogen (secondary N) is 3. The summed E-state index contributed by atoms with van der Waals surface area (Å²) in [6.07, 6.45) is 2.42. The van der Waals surface area contributed by atoms with Crippen molar-refractivity contribution >= 4 is 0 Å². The second-order valence-electron chi connectivity index (χ2n) is 4.74. The van der Waals surface area contributed by atoms with E-state index < -0.39 is 0 Å². The highest BCUT2D eigenvalue weighted by atomic mass is 14.9. The van der Waals surface area contributed by atoms with Gasteiger partial charge < -0.3 is 16.0 Å². The molecule has 0 amide bonds. The number of hydrogen-bond acceptors (Lipinski definition) is 3. The Bertz CT molecular complexity index is 118. The monoisotopic (exact) mass is 201 g/mol. The van der Waals surface area contributed by atoms with E-state index in [4.69, 9.17) is 0 Å². The van der Waals surface area contributed by atoms with Gasteiger partial charge in [0.1, 0.15) is 0 Å². The second kappa shape index (κ2) is 8.21. The molecule has 14 heavy (non-hydrogen) atoms. The Balaban J connectivity index is 2.99. The third-order valence-corrected chi connectivity index (χ3v) is 1.97. The van der Waals surface area contributed by atoms with E-state index in [9.17, 15) is 0 Å². The number of hydrogen-bond donors (Lipinski definition) is 3. The maximum Gasteiger partial charge on any atom is 0.00965 e. The summed E-state index contributed by atoms with van der Waals surface area (Å²) >= 11 is 0. The van der Waals surface area contributed by atoms with Crippen LogP contribution in [-0.4, -0.2) is 38.8 Å². The first kappa shape index (κ1) is 13.9. The van der Waals surface area contributed by atoms with Crippen LogP contribution in [0.25, 0.3) is 0 Å². The lowest BCUT2D eigenvalue weighted by molar-refractivity contribution is 0.418. The Labute approximate surface area is 89.0 Å². The molecule has 0 rings (SSSR count). The quantitative estimate of drug-likeness (QED) is 0.512. The van der Waals surface area contributed by atoms with Gasteiger partial charge in [0.05, 0.1) is 0 Å². The van der Waals surface area contributed by atoms with E-state index in [1.807, 2.05) is 7.05 Å². The Morgan fingerprint density at radius 3 is 1.93 bits per heavy atom. The van der Waals surface area contributed by atoms with Gasteiger partial charge in [0.15, 0.2) is 0 Å². The third-order valence-electron chi connectivity index (χ3n) is 1.97. The van der Waals surface area contributed by atoms with Crippen LogP contribution in [0.1, 0.15) is 33.6 Å². The summed E-state index contributed by atoms with van der Waals surface area (Å²) in [5.74, 6) is 0. The standard InChI is InChI=1S/C11H27N3/c1-11(2,3)14-10-6-9-13-8-5-7-12-4/h12-14H,5-10H2,1-4H3. The Morgan fingerprint density at radius 2 is 1.43 bits per heavy atom. The predicted molar refractivity (Wildman–Crippen MR) is 63.8 cm³/mol. The molecule has 0 aromatic carbocycles. The molecule has 0 aliphatic rings. The maximum atomic E-state index is 3.47.